The van der Waals surface area contributed by atoms with Crippen molar-refractivity contribution in [2.24, 2.45) is 0 Å². The van der Waals surface area contributed by atoms with Crippen LogP contribution in [0.2, 0.25) is 0 Å². The SMILES string of the molecule is COC(=O)CCCC(C)(C)c1cc(C(C)C)ccc1O. The van der Waals surface area contributed by atoms with Crippen molar-refractivity contribution < 1.29 is 14.6 Å². The van der Waals surface area contributed by atoms with Crippen LogP contribution in [-0.4, -0.2) is 18.2 Å². The van der Waals surface area contributed by atoms with Crippen molar-refractivity contribution in [3.05, 3.63) is 29.3 Å². The molecule has 0 aliphatic rings. The average Bonchev–Trinajstić information content (AvgIpc) is 2.38. The summed E-state index contributed by atoms with van der Waals surface area (Å²) >= 11 is 0. The molecule has 1 N–H and O–H groups in total. The smallest absolute Gasteiger partial charge is 0.305 e. The maximum Gasteiger partial charge on any atom is 0.305 e. The molecule has 1 rings (SSSR count). The molecule has 112 valence electrons. The number of aromatic hydroxyl groups is 1. The van der Waals surface area contributed by atoms with Crippen molar-refractivity contribution in [2.45, 2.75) is 58.3 Å². The number of ether oxygens (including phenoxy) is 1. The van der Waals surface area contributed by atoms with Crippen molar-refractivity contribution in [1.29, 1.82) is 0 Å². The highest BCUT2D eigenvalue weighted by Crippen LogP contribution is 2.36. The molecule has 0 bridgehead atoms. The lowest BCUT2D eigenvalue weighted by molar-refractivity contribution is -0.140. The topological polar surface area (TPSA) is 46.5 Å². The normalized spacial score (nSPS) is 11.7. The van der Waals surface area contributed by atoms with Gasteiger partial charge in [0.25, 0.3) is 0 Å². The highest BCUT2D eigenvalue weighted by molar-refractivity contribution is 5.69. The number of hydrogen-bond acceptors (Lipinski definition) is 3. The Kier molecular flexibility index (Phi) is 5.61. The minimum absolute atomic E-state index is 0.164. The van der Waals surface area contributed by atoms with Crippen LogP contribution in [0, 0.1) is 0 Å². The van der Waals surface area contributed by atoms with E-state index in [9.17, 15) is 9.90 Å². The number of phenolic OH excluding ortho intramolecular Hbond substituents is 1. The van der Waals surface area contributed by atoms with Crippen molar-refractivity contribution >= 4 is 5.97 Å². The fraction of sp³-hybridized carbons (Fsp3) is 0.588. The van der Waals surface area contributed by atoms with Crippen molar-refractivity contribution in [1.82, 2.24) is 0 Å². The van der Waals surface area contributed by atoms with Crippen LogP contribution in [0.4, 0.5) is 0 Å². The van der Waals surface area contributed by atoms with E-state index in [1.165, 1.54) is 12.7 Å². The van der Waals surface area contributed by atoms with Gasteiger partial charge >= 0.3 is 5.97 Å². The first-order chi connectivity index (χ1) is 9.27. The summed E-state index contributed by atoms with van der Waals surface area (Å²) in [6.07, 6.45) is 2.01. The van der Waals surface area contributed by atoms with E-state index >= 15 is 0 Å². The Morgan fingerprint density at radius 3 is 2.55 bits per heavy atom. The van der Waals surface area contributed by atoms with E-state index in [2.05, 4.69) is 38.5 Å². The molecular formula is C17H26O3. The number of methoxy groups -OCH3 is 1. The molecule has 0 spiro atoms. The van der Waals surface area contributed by atoms with Crippen LogP contribution < -0.4 is 0 Å². The Morgan fingerprint density at radius 1 is 1.35 bits per heavy atom. The van der Waals surface area contributed by atoms with Crippen LogP contribution >= 0.6 is 0 Å². The Morgan fingerprint density at radius 2 is 2.00 bits per heavy atom. The van der Waals surface area contributed by atoms with Gasteiger partial charge in [-0.2, -0.15) is 0 Å². The van der Waals surface area contributed by atoms with Gasteiger partial charge in [-0.25, -0.2) is 0 Å². The standard InChI is InChI=1S/C17H26O3/c1-12(2)13-8-9-15(18)14(11-13)17(3,4)10-6-7-16(19)20-5/h8-9,11-12,18H,6-7,10H2,1-5H3. The second-order valence-electron chi connectivity index (χ2n) is 6.24. The Bertz CT molecular complexity index is 461. The van der Waals surface area contributed by atoms with E-state index in [1.807, 2.05) is 6.07 Å². The Balaban J connectivity index is 2.85. The lowest BCUT2D eigenvalue weighted by Gasteiger charge is -2.27. The molecule has 0 saturated carbocycles. The zero-order valence-electron chi connectivity index (χ0n) is 13.2. The summed E-state index contributed by atoms with van der Waals surface area (Å²) < 4.78 is 4.66. The fourth-order valence-corrected chi connectivity index (χ4v) is 2.37. The molecule has 0 radical (unpaired) electrons. The highest BCUT2D eigenvalue weighted by Gasteiger charge is 2.24. The number of carbonyl (C=O) groups excluding carboxylic acids is 1. The van der Waals surface area contributed by atoms with Crippen molar-refractivity contribution in [3.8, 4) is 5.75 Å². The molecule has 20 heavy (non-hydrogen) atoms. The molecule has 0 aliphatic carbocycles. The van der Waals surface area contributed by atoms with E-state index in [-0.39, 0.29) is 11.4 Å². The Labute approximate surface area is 122 Å². The van der Waals surface area contributed by atoms with Crippen LogP contribution in [-0.2, 0) is 14.9 Å². The first kappa shape index (κ1) is 16.5. The molecule has 0 amide bonds. The molecule has 0 unspecified atom stereocenters. The molecule has 0 saturated heterocycles. The van der Waals surface area contributed by atoms with Crippen LogP contribution in [0.3, 0.4) is 0 Å². The summed E-state index contributed by atoms with van der Waals surface area (Å²) in [4.78, 5) is 11.2. The quantitative estimate of drug-likeness (QED) is 0.796. The van der Waals surface area contributed by atoms with E-state index in [1.54, 1.807) is 6.07 Å². The summed E-state index contributed by atoms with van der Waals surface area (Å²) in [6, 6.07) is 5.82. The van der Waals surface area contributed by atoms with Crippen LogP contribution in [0.5, 0.6) is 5.75 Å². The monoisotopic (exact) mass is 278 g/mol. The molecule has 0 atom stereocenters. The molecule has 3 nitrogen and oxygen atoms in total. The third-order valence-corrected chi connectivity index (χ3v) is 3.83. The van der Waals surface area contributed by atoms with Crippen LogP contribution in [0.15, 0.2) is 18.2 Å². The first-order valence-corrected chi connectivity index (χ1v) is 7.18. The largest absolute Gasteiger partial charge is 0.508 e. The van der Waals surface area contributed by atoms with Crippen LogP contribution in [0.1, 0.15) is 64.0 Å². The predicted molar refractivity (Wildman–Crippen MR) is 81.1 cm³/mol. The molecule has 0 aliphatic heterocycles. The van der Waals surface area contributed by atoms with E-state index < -0.39 is 0 Å². The average molecular weight is 278 g/mol. The summed E-state index contributed by atoms with van der Waals surface area (Å²) in [7, 11) is 1.41. The maximum atomic E-state index is 11.2. The van der Waals surface area contributed by atoms with Gasteiger partial charge in [0.05, 0.1) is 7.11 Å². The number of rotatable bonds is 6. The lowest BCUT2D eigenvalue weighted by Crippen LogP contribution is -2.18. The molecule has 1 aromatic rings. The third kappa shape index (κ3) is 4.26. The fourth-order valence-electron chi connectivity index (χ4n) is 2.37. The van der Waals surface area contributed by atoms with Gasteiger partial charge in [-0.1, -0.05) is 39.8 Å². The van der Waals surface area contributed by atoms with E-state index in [0.29, 0.717) is 18.1 Å². The zero-order chi connectivity index (χ0) is 15.3. The molecule has 3 heteroatoms. The van der Waals surface area contributed by atoms with E-state index in [4.69, 9.17) is 0 Å². The maximum absolute atomic E-state index is 11.2. The molecule has 1 aromatic carbocycles. The molecular weight excluding hydrogens is 252 g/mol. The summed E-state index contributed by atoms with van der Waals surface area (Å²) in [5.74, 6) is 0.582. The number of benzene rings is 1. The first-order valence-electron chi connectivity index (χ1n) is 7.18. The van der Waals surface area contributed by atoms with Gasteiger partial charge in [0.15, 0.2) is 0 Å². The van der Waals surface area contributed by atoms with Gasteiger partial charge in [-0.05, 0) is 41.4 Å². The molecule has 0 heterocycles. The summed E-state index contributed by atoms with van der Waals surface area (Å²) in [5, 5.41) is 10.1. The molecule has 0 aromatic heterocycles. The van der Waals surface area contributed by atoms with Gasteiger partial charge in [0.2, 0.25) is 0 Å². The number of carbonyl (C=O) groups is 1. The minimum atomic E-state index is -0.180. The van der Waals surface area contributed by atoms with Crippen molar-refractivity contribution in [3.63, 3.8) is 0 Å². The Hall–Kier alpha value is -1.51. The second-order valence-corrected chi connectivity index (χ2v) is 6.24. The number of phenols is 1. The van der Waals surface area contributed by atoms with Gasteiger partial charge in [0, 0.05) is 6.42 Å². The summed E-state index contributed by atoms with van der Waals surface area (Å²) in [6.45, 7) is 8.48. The van der Waals surface area contributed by atoms with E-state index in [0.717, 1.165) is 18.4 Å². The predicted octanol–water partition coefficient (Wildman–Crippen LogP) is 4.14. The zero-order valence-corrected chi connectivity index (χ0v) is 13.2. The van der Waals surface area contributed by atoms with Gasteiger partial charge in [0.1, 0.15) is 5.75 Å². The second kappa shape index (κ2) is 6.78. The van der Waals surface area contributed by atoms with Crippen molar-refractivity contribution in [2.75, 3.05) is 7.11 Å². The third-order valence-electron chi connectivity index (χ3n) is 3.83. The van der Waals surface area contributed by atoms with Gasteiger partial charge in [-0.3, -0.25) is 4.79 Å². The van der Waals surface area contributed by atoms with Gasteiger partial charge < -0.3 is 9.84 Å². The molecule has 0 fully saturated rings. The lowest BCUT2D eigenvalue weighted by atomic mass is 9.78. The minimum Gasteiger partial charge on any atom is -0.508 e. The van der Waals surface area contributed by atoms with Crippen LogP contribution in [0.25, 0.3) is 0 Å². The van der Waals surface area contributed by atoms with Gasteiger partial charge in [-0.15, -0.1) is 0 Å². The number of hydrogen-bond donors (Lipinski definition) is 1. The summed E-state index contributed by atoms with van der Waals surface area (Å²) in [5.41, 5.74) is 2.01. The highest BCUT2D eigenvalue weighted by atomic mass is 16.5. The number of esters is 1.